The lowest BCUT2D eigenvalue weighted by molar-refractivity contribution is 0.171. The number of methoxy groups -OCH3 is 1. The van der Waals surface area contributed by atoms with Crippen molar-refractivity contribution in [3.8, 4) is 23.0 Å². The monoisotopic (exact) mass is 455 g/mol. The fourth-order valence-corrected chi connectivity index (χ4v) is 4.55. The molecule has 0 fully saturated rings. The van der Waals surface area contributed by atoms with Crippen molar-refractivity contribution in [3.63, 3.8) is 0 Å². The quantitative estimate of drug-likeness (QED) is 0.513. The molecule has 4 rings (SSSR count). The molecule has 1 aliphatic rings. The smallest absolute Gasteiger partial charge is 0.243 e. The zero-order valence-electron chi connectivity index (χ0n) is 18.0. The van der Waals surface area contributed by atoms with E-state index in [9.17, 15) is 8.42 Å². The van der Waals surface area contributed by atoms with Crippen LogP contribution in [-0.4, -0.2) is 40.1 Å². The molecule has 0 bridgehead atoms. The van der Waals surface area contributed by atoms with Crippen LogP contribution in [0.15, 0.2) is 71.6 Å². The summed E-state index contributed by atoms with van der Waals surface area (Å²) in [5, 5.41) is 0. The zero-order valence-corrected chi connectivity index (χ0v) is 18.8. The minimum atomic E-state index is -3.72. The Hall–Kier alpha value is -3.23. The van der Waals surface area contributed by atoms with Crippen molar-refractivity contribution in [3.05, 3.63) is 77.9 Å². The van der Waals surface area contributed by atoms with E-state index in [1.54, 1.807) is 32.4 Å². The summed E-state index contributed by atoms with van der Waals surface area (Å²) in [6.07, 6.45) is 0. The summed E-state index contributed by atoms with van der Waals surface area (Å²) in [5.74, 6) is 2.13. The van der Waals surface area contributed by atoms with Gasteiger partial charge in [-0.1, -0.05) is 36.4 Å². The van der Waals surface area contributed by atoms with E-state index in [1.165, 1.54) is 16.4 Å². The summed E-state index contributed by atoms with van der Waals surface area (Å²) in [7, 11) is -0.621. The zero-order chi connectivity index (χ0) is 22.6. The van der Waals surface area contributed by atoms with Crippen molar-refractivity contribution in [2.75, 3.05) is 27.4 Å². The van der Waals surface area contributed by atoms with Crippen molar-refractivity contribution in [2.24, 2.45) is 0 Å². The topological polar surface area (TPSA) is 74.3 Å². The van der Waals surface area contributed by atoms with Crippen LogP contribution in [0.5, 0.6) is 23.0 Å². The normalized spacial score (nSPS) is 13.1. The van der Waals surface area contributed by atoms with E-state index in [0.29, 0.717) is 42.8 Å². The first-order chi connectivity index (χ1) is 15.5. The molecule has 0 unspecified atom stereocenters. The second kappa shape index (κ2) is 9.50. The maximum atomic E-state index is 13.1. The number of nitrogens with zero attached hydrogens (tertiary/aromatic N) is 1. The van der Waals surface area contributed by atoms with Crippen molar-refractivity contribution < 1.29 is 27.4 Å². The van der Waals surface area contributed by atoms with Gasteiger partial charge in [0.25, 0.3) is 0 Å². The summed E-state index contributed by atoms with van der Waals surface area (Å²) in [5.41, 5.74) is 1.82. The third kappa shape index (κ3) is 4.81. The Bertz CT molecular complexity index is 1180. The molecular weight excluding hydrogens is 430 g/mol. The van der Waals surface area contributed by atoms with Crippen LogP contribution in [0, 0.1) is 0 Å². The minimum absolute atomic E-state index is 0.152. The van der Waals surface area contributed by atoms with Gasteiger partial charge < -0.3 is 18.9 Å². The van der Waals surface area contributed by atoms with Gasteiger partial charge in [-0.15, -0.1) is 0 Å². The predicted octanol–water partition coefficient (Wildman–Crippen LogP) is 3.87. The van der Waals surface area contributed by atoms with Gasteiger partial charge in [0.05, 0.1) is 12.0 Å². The minimum Gasteiger partial charge on any atom is -0.493 e. The fraction of sp³-hybridized carbons (Fsp3) is 0.250. The molecule has 0 aliphatic carbocycles. The Kier molecular flexibility index (Phi) is 6.53. The number of hydrogen-bond acceptors (Lipinski definition) is 6. The first-order valence-corrected chi connectivity index (χ1v) is 11.6. The lowest BCUT2D eigenvalue weighted by Gasteiger charge is -2.21. The third-order valence-electron chi connectivity index (χ3n) is 5.09. The molecular formula is C24H25NO6S. The average Bonchev–Trinajstić information content (AvgIpc) is 2.83. The molecule has 0 spiro atoms. The number of hydrogen-bond donors (Lipinski definition) is 0. The Morgan fingerprint density at radius 3 is 2.38 bits per heavy atom. The molecule has 0 amide bonds. The maximum absolute atomic E-state index is 13.1. The molecule has 0 atom stereocenters. The largest absolute Gasteiger partial charge is 0.493 e. The van der Waals surface area contributed by atoms with Gasteiger partial charge in [0.2, 0.25) is 10.0 Å². The van der Waals surface area contributed by atoms with E-state index >= 15 is 0 Å². The van der Waals surface area contributed by atoms with E-state index in [0.717, 1.165) is 11.1 Å². The molecule has 0 saturated carbocycles. The highest BCUT2D eigenvalue weighted by Gasteiger charge is 2.24. The van der Waals surface area contributed by atoms with Crippen molar-refractivity contribution in [1.29, 1.82) is 0 Å². The van der Waals surface area contributed by atoms with Crippen LogP contribution >= 0.6 is 0 Å². The Morgan fingerprint density at radius 2 is 1.62 bits per heavy atom. The highest BCUT2D eigenvalue weighted by Crippen LogP contribution is 2.34. The lowest BCUT2D eigenvalue weighted by Crippen LogP contribution is -2.26. The van der Waals surface area contributed by atoms with E-state index < -0.39 is 10.0 Å². The molecule has 7 nitrogen and oxygen atoms in total. The highest BCUT2D eigenvalue weighted by molar-refractivity contribution is 7.89. The molecule has 0 aromatic heterocycles. The van der Waals surface area contributed by atoms with Crippen LogP contribution in [0.3, 0.4) is 0 Å². The second-order valence-corrected chi connectivity index (χ2v) is 9.37. The number of sulfonamides is 1. The Labute approximate surface area is 188 Å². The van der Waals surface area contributed by atoms with Gasteiger partial charge in [0.1, 0.15) is 19.8 Å². The van der Waals surface area contributed by atoms with E-state index in [1.807, 2.05) is 36.4 Å². The van der Waals surface area contributed by atoms with Gasteiger partial charge in [0.15, 0.2) is 23.0 Å². The maximum Gasteiger partial charge on any atom is 0.243 e. The molecule has 0 radical (unpaired) electrons. The average molecular weight is 456 g/mol. The van der Waals surface area contributed by atoms with Gasteiger partial charge in [-0.3, -0.25) is 0 Å². The first-order valence-electron chi connectivity index (χ1n) is 10.2. The summed E-state index contributed by atoms with van der Waals surface area (Å²) in [6.45, 7) is 1.43. The highest BCUT2D eigenvalue weighted by atomic mass is 32.2. The van der Waals surface area contributed by atoms with Crippen molar-refractivity contribution in [2.45, 2.75) is 18.0 Å². The molecule has 3 aromatic carbocycles. The van der Waals surface area contributed by atoms with Gasteiger partial charge in [-0.05, 0) is 35.4 Å². The second-order valence-electron chi connectivity index (χ2n) is 7.33. The molecule has 3 aromatic rings. The van der Waals surface area contributed by atoms with Crippen LogP contribution in [0.4, 0.5) is 0 Å². The molecule has 32 heavy (non-hydrogen) atoms. The molecule has 0 saturated heterocycles. The molecule has 168 valence electrons. The van der Waals surface area contributed by atoms with E-state index in [-0.39, 0.29) is 11.4 Å². The fourth-order valence-electron chi connectivity index (χ4n) is 3.37. The molecule has 8 heteroatoms. The van der Waals surface area contributed by atoms with Crippen LogP contribution in [0.1, 0.15) is 11.1 Å². The van der Waals surface area contributed by atoms with Gasteiger partial charge in [0, 0.05) is 19.7 Å². The summed E-state index contributed by atoms with van der Waals surface area (Å²) >= 11 is 0. The van der Waals surface area contributed by atoms with Crippen molar-refractivity contribution in [1.82, 2.24) is 4.31 Å². The lowest BCUT2D eigenvalue weighted by atomic mass is 10.2. The van der Waals surface area contributed by atoms with Crippen LogP contribution < -0.4 is 18.9 Å². The van der Waals surface area contributed by atoms with Gasteiger partial charge >= 0.3 is 0 Å². The van der Waals surface area contributed by atoms with Crippen LogP contribution in [0.25, 0.3) is 0 Å². The first kappa shape index (κ1) is 22.0. The standard InChI is InChI=1S/C24H25NO6S/c1-25(32(26,27)20-9-11-22-24(15-20)30-13-12-29-22)16-19-8-10-21(23(14-19)28-2)31-17-18-6-4-3-5-7-18/h3-11,14-15H,12-13,16-17H2,1-2H3. The predicted molar refractivity (Wildman–Crippen MR) is 120 cm³/mol. The van der Waals surface area contributed by atoms with Gasteiger partial charge in [-0.2, -0.15) is 4.31 Å². The molecule has 0 N–H and O–H groups in total. The summed E-state index contributed by atoms with van der Waals surface area (Å²) in [6, 6.07) is 19.9. The van der Waals surface area contributed by atoms with Crippen LogP contribution in [-0.2, 0) is 23.2 Å². The summed E-state index contributed by atoms with van der Waals surface area (Å²) < 4.78 is 49.8. The number of rotatable bonds is 8. The number of benzene rings is 3. The van der Waals surface area contributed by atoms with Crippen molar-refractivity contribution >= 4 is 10.0 Å². The Balaban J connectivity index is 1.48. The van der Waals surface area contributed by atoms with E-state index in [2.05, 4.69) is 0 Å². The third-order valence-corrected chi connectivity index (χ3v) is 6.89. The Morgan fingerprint density at radius 1 is 0.875 bits per heavy atom. The molecule has 1 aliphatic heterocycles. The molecule has 1 heterocycles. The van der Waals surface area contributed by atoms with Gasteiger partial charge in [-0.25, -0.2) is 8.42 Å². The number of ether oxygens (including phenoxy) is 4. The van der Waals surface area contributed by atoms with Crippen LogP contribution in [0.2, 0.25) is 0 Å². The summed E-state index contributed by atoms with van der Waals surface area (Å²) in [4.78, 5) is 0.152. The SMILES string of the molecule is COc1cc(CN(C)S(=O)(=O)c2ccc3c(c2)OCCO3)ccc1OCc1ccccc1. The number of fused-ring (bicyclic) bond motifs is 1. The van der Waals surface area contributed by atoms with E-state index in [4.69, 9.17) is 18.9 Å².